The maximum absolute atomic E-state index is 11.4. The van der Waals surface area contributed by atoms with E-state index in [4.69, 9.17) is 4.74 Å². The number of ether oxygens (including phenoxy) is 1. The minimum atomic E-state index is -0.153. The molecule has 2 rings (SSSR count). The van der Waals surface area contributed by atoms with E-state index in [1.165, 1.54) is 12.8 Å². The SMILES string of the molecule is COCCNC(=O)NCCn1ccnc1C1CC1. The molecule has 1 aromatic rings. The zero-order valence-corrected chi connectivity index (χ0v) is 10.7. The molecule has 1 saturated carbocycles. The molecule has 2 amide bonds. The molecule has 0 radical (unpaired) electrons. The van der Waals surface area contributed by atoms with Gasteiger partial charge < -0.3 is 19.9 Å². The number of imidazole rings is 1. The number of hydrogen-bond acceptors (Lipinski definition) is 3. The van der Waals surface area contributed by atoms with Gasteiger partial charge in [0.2, 0.25) is 0 Å². The molecular weight excluding hydrogens is 232 g/mol. The zero-order valence-electron chi connectivity index (χ0n) is 10.7. The lowest BCUT2D eigenvalue weighted by Crippen LogP contribution is -2.38. The second kappa shape index (κ2) is 6.39. The first-order valence-corrected chi connectivity index (χ1v) is 6.33. The van der Waals surface area contributed by atoms with Crippen LogP contribution < -0.4 is 10.6 Å². The van der Waals surface area contributed by atoms with Gasteiger partial charge in [0.15, 0.2) is 0 Å². The van der Waals surface area contributed by atoms with Gasteiger partial charge in [-0.1, -0.05) is 0 Å². The molecule has 1 aromatic heterocycles. The van der Waals surface area contributed by atoms with E-state index in [2.05, 4.69) is 20.2 Å². The van der Waals surface area contributed by atoms with Crippen molar-refractivity contribution in [1.29, 1.82) is 0 Å². The number of urea groups is 1. The summed E-state index contributed by atoms with van der Waals surface area (Å²) in [5, 5.41) is 5.53. The van der Waals surface area contributed by atoms with Gasteiger partial charge in [-0.15, -0.1) is 0 Å². The van der Waals surface area contributed by atoms with Crippen LogP contribution in [-0.4, -0.2) is 42.4 Å². The van der Waals surface area contributed by atoms with Crippen LogP contribution in [0.1, 0.15) is 24.6 Å². The second-order valence-electron chi connectivity index (χ2n) is 4.43. The average molecular weight is 252 g/mol. The molecule has 0 aromatic carbocycles. The van der Waals surface area contributed by atoms with Crippen molar-refractivity contribution in [2.24, 2.45) is 0 Å². The van der Waals surface area contributed by atoms with Gasteiger partial charge in [0.05, 0.1) is 6.61 Å². The van der Waals surface area contributed by atoms with Gasteiger partial charge in [-0.2, -0.15) is 0 Å². The standard InChI is InChI=1S/C12H20N4O2/c1-18-9-6-15-12(17)14-5-8-16-7-4-13-11(16)10-2-3-10/h4,7,10H,2-3,5-6,8-9H2,1H3,(H2,14,15,17). The van der Waals surface area contributed by atoms with Crippen LogP contribution in [0.15, 0.2) is 12.4 Å². The number of amides is 2. The highest BCUT2D eigenvalue weighted by Gasteiger charge is 2.27. The highest BCUT2D eigenvalue weighted by molar-refractivity contribution is 5.73. The highest BCUT2D eigenvalue weighted by Crippen LogP contribution is 2.38. The Morgan fingerprint density at radius 3 is 3.00 bits per heavy atom. The molecule has 100 valence electrons. The Labute approximate surface area is 107 Å². The van der Waals surface area contributed by atoms with Crippen molar-refractivity contribution in [1.82, 2.24) is 20.2 Å². The van der Waals surface area contributed by atoms with Crippen LogP contribution in [0.4, 0.5) is 4.79 Å². The number of nitrogens with zero attached hydrogens (tertiary/aromatic N) is 2. The van der Waals surface area contributed by atoms with Crippen LogP contribution in [0.3, 0.4) is 0 Å². The van der Waals surface area contributed by atoms with Gasteiger partial charge in [0, 0.05) is 45.1 Å². The predicted molar refractivity (Wildman–Crippen MR) is 67.5 cm³/mol. The van der Waals surface area contributed by atoms with Crippen molar-refractivity contribution >= 4 is 6.03 Å². The van der Waals surface area contributed by atoms with Crippen LogP contribution >= 0.6 is 0 Å². The van der Waals surface area contributed by atoms with E-state index < -0.39 is 0 Å². The smallest absolute Gasteiger partial charge is 0.314 e. The van der Waals surface area contributed by atoms with Crippen molar-refractivity contribution in [2.45, 2.75) is 25.3 Å². The van der Waals surface area contributed by atoms with E-state index in [1.807, 2.05) is 12.4 Å². The molecular formula is C12H20N4O2. The van der Waals surface area contributed by atoms with Crippen molar-refractivity contribution in [3.63, 3.8) is 0 Å². The fourth-order valence-electron chi connectivity index (χ4n) is 1.83. The first kappa shape index (κ1) is 12.9. The number of nitrogens with one attached hydrogen (secondary N) is 2. The summed E-state index contributed by atoms with van der Waals surface area (Å²) in [5.74, 6) is 1.78. The Balaban J connectivity index is 1.65. The predicted octanol–water partition coefficient (Wildman–Crippen LogP) is 0.706. The largest absolute Gasteiger partial charge is 0.383 e. The maximum Gasteiger partial charge on any atom is 0.314 e. The van der Waals surface area contributed by atoms with Crippen molar-refractivity contribution < 1.29 is 9.53 Å². The minimum Gasteiger partial charge on any atom is -0.383 e. The summed E-state index contributed by atoms with van der Waals surface area (Å²) in [6.45, 7) is 2.43. The van der Waals surface area contributed by atoms with Crippen molar-refractivity contribution in [3.8, 4) is 0 Å². The van der Waals surface area contributed by atoms with Crippen molar-refractivity contribution in [2.75, 3.05) is 26.8 Å². The average Bonchev–Trinajstić information content (AvgIpc) is 3.10. The number of aromatic nitrogens is 2. The minimum absolute atomic E-state index is 0.153. The van der Waals surface area contributed by atoms with E-state index in [1.54, 1.807) is 7.11 Å². The Morgan fingerprint density at radius 1 is 1.50 bits per heavy atom. The summed E-state index contributed by atoms with van der Waals surface area (Å²) in [5.41, 5.74) is 0. The monoisotopic (exact) mass is 252 g/mol. The van der Waals surface area contributed by atoms with Crippen LogP contribution in [0.25, 0.3) is 0 Å². The number of carbonyl (C=O) groups excluding carboxylic acids is 1. The molecule has 6 heteroatoms. The van der Waals surface area contributed by atoms with E-state index >= 15 is 0 Å². The molecule has 1 fully saturated rings. The lowest BCUT2D eigenvalue weighted by Gasteiger charge is -2.09. The van der Waals surface area contributed by atoms with E-state index in [-0.39, 0.29) is 6.03 Å². The summed E-state index contributed by atoms with van der Waals surface area (Å²) in [6.07, 6.45) is 6.27. The second-order valence-corrected chi connectivity index (χ2v) is 4.43. The Bertz CT molecular complexity index is 387. The normalized spacial score (nSPS) is 14.5. The number of methoxy groups -OCH3 is 1. The number of carbonyl (C=O) groups is 1. The summed E-state index contributed by atoms with van der Waals surface area (Å²) in [6, 6.07) is -0.153. The summed E-state index contributed by atoms with van der Waals surface area (Å²) in [7, 11) is 1.61. The van der Waals surface area contributed by atoms with Gasteiger partial charge in [0.25, 0.3) is 0 Å². The third kappa shape index (κ3) is 3.73. The Morgan fingerprint density at radius 2 is 2.28 bits per heavy atom. The quantitative estimate of drug-likeness (QED) is 0.702. The molecule has 1 aliphatic rings. The van der Waals surface area contributed by atoms with Crippen molar-refractivity contribution in [3.05, 3.63) is 18.2 Å². The summed E-state index contributed by atoms with van der Waals surface area (Å²) in [4.78, 5) is 15.7. The molecule has 1 heterocycles. The van der Waals surface area contributed by atoms with Gasteiger partial charge in [0.1, 0.15) is 5.82 Å². The topological polar surface area (TPSA) is 68.2 Å². The number of rotatable bonds is 7. The maximum atomic E-state index is 11.4. The van der Waals surface area contributed by atoms with Gasteiger partial charge in [-0.3, -0.25) is 0 Å². The molecule has 6 nitrogen and oxygen atoms in total. The summed E-state index contributed by atoms with van der Waals surface area (Å²) < 4.78 is 6.97. The highest BCUT2D eigenvalue weighted by atomic mass is 16.5. The Kier molecular flexibility index (Phi) is 4.58. The van der Waals surface area contributed by atoms with E-state index in [0.717, 1.165) is 12.4 Å². The summed E-state index contributed by atoms with van der Waals surface area (Å²) >= 11 is 0. The molecule has 0 bridgehead atoms. The molecule has 0 atom stereocenters. The van der Waals surface area contributed by atoms with Crippen LogP contribution in [-0.2, 0) is 11.3 Å². The fourth-order valence-corrected chi connectivity index (χ4v) is 1.83. The van der Waals surface area contributed by atoms with Gasteiger partial charge in [-0.25, -0.2) is 9.78 Å². The molecule has 0 unspecified atom stereocenters. The molecule has 0 aliphatic heterocycles. The molecule has 18 heavy (non-hydrogen) atoms. The van der Waals surface area contributed by atoms with E-state index in [0.29, 0.717) is 25.6 Å². The van der Waals surface area contributed by atoms with Crippen LogP contribution in [0.2, 0.25) is 0 Å². The first-order valence-electron chi connectivity index (χ1n) is 6.33. The molecule has 0 spiro atoms. The third-order valence-corrected chi connectivity index (χ3v) is 2.92. The molecule has 2 N–H and O–H groups in total. The third-order valence-electron chi connectivity index (χ3n) is 2.92. The lowest BCUT2D eigenvalue weighted by atomic mass is 10.4. The number of hydrogen-bond donors (Lipinski definition) is 2. The zero-order chi connectivity index (χ0) is 12.8. The van der Waals surface area contributed by atoms with Gasteiger partial charge in [-0.05, 0) is 12.8 Å². The first-order chi connectivity index (χ1) is 8.81. The molecule has 0 saturated heterocycles. The van der Waals surface area contributed by atoms with Gasteiger partial charge >= 0.3 is 6.03 Å². The molecule has 1 aliphatic carbocycles. The fraction of sp³-hybridized carbons (Fsp3) is 0.667. The Hall–Kier alpha value is -1.56. The van der Waals surface area contributed by atoms with E-state index in [9.17, 15) is 4.79 Å². The lowest BCUT2D eigenvalue weighted by molar-refractivity contribution is 0.196. The van der Waals surface area contributed by atoms with Crippen LogP contribution in [0.5, 0.6) is 0 Å². The van der Waals surface area contributed by atoms with Crippen LogP contribution in [0, 0.1) is 0 Å².